The summed E-state index contributed by atoms with van der Waals surface area (Å²) in [4.78, 5) is 19.6. The molecule has 0 aromatic heterocycles. The van der Waals surface area contributed by atoms with Gasteiger partial charge in [0.25, 0.3) is 0 Å². The molecule has 0 radical (unpaired) electrons. The van der Waals surface area contributed by atoms with Crippen molar-refractivity contribution in [1.29, 1.82) is 0 Å². The molecule has 0 fully saturated rings. The van der Waals surface area contributed by atoms with Crippen LogP contribution in [0.4, 0.5) is 0 Å². The van der Waals surface area contributed by atoms with Gasteiger partial charge in [0.15, 0.2) is 0 Å². The van der Waals surface area contributed by atoms with Crippen molar-refractivity contribution in [3.63, 3.8) is 0 Å². The van der Waals surface area contributed by atoms with E-state index in [0.29, 0.717) is 6.42 Å². The first kappa shape index (κ1) is 12.4. The Bertz CT molecular complexity index is 229. The number of hydrogen-bond acceptors (Lipinski definition) is 3. The molecule has 0 aromatic rings. The highest BCUT2D eigenvalue weighted by Crippen LogP contribution is 2.41. The molecule has 0 heterocycles. The van der Waals surface area contributed by atoms with E-state index in [4.69, 9.17) is 4.89 Å². The van der Waals surface area contributed by atoms with Gasteiger partial charge in [0.2, 0.25) is 5.91 Å². The Morgan fingerprint density at radius 2 is 2.38 bits per heavy atom. The van der Waals surface area contributed by atoms with E-state index in [1.54, 1.807) is 6.92 Å². The van der Waals surface area contributed by atoms with Crippen LogP contribution in [0.5, 0.6) is 0 Å². The van der Waals surface area contributed by atoms with Gasteiger partial charge in [-0.05, 0) is 12.5 Å². The molecule has 6 heteroatoms. The first-order chi connectivity index (χ1) is 6.02. The number of rotatable bonds is 6. The minimum absolute atomic E-state index is 0.0942. The van der Waals surface area contributed by atoms with Crippen LogP contribution >= 0.6 is 7.60 Å². The lowest BCUT2D eigenvalue weighted by atomic mass is 10.6. The normalized spacial score (nSPS) is 14.6. The Labute approximate surface area is 77.3 Å². The van der Waals surface area contributed by atoms with E-state index in [-0.39, 0.29) is 12.9 Å². The zero-order chi connectivity index (χ0) is 10.3. The van der Waals surface area contributed by atoms with Crippen LogP contribution in [-0.4, -0.2) is 23.7 Å². The third-order valence-corrected chi connectivity index (χ3v) is 2.75. The number of amides is 1. The molecule has 1 unspecified atom stereocenters. The summed E-state index contributed by atoms with van der Waals surface area (Å²) in [5.74, 6) is -0.434. The largest absolute Gasteiger partial charge is 0.329 e. The first-order valence-electron chi connectivity index (χ1n) is 3.88. The predicted molar refractivity (Wildman–Crippen MR) is 49.3 cm³/mol. The summed E-state index contributed by atoms with van der Waals surface area (Å²) in [5.41, 5.74) is 0. The number of carbonyl (C=O) groups excluding carboxylic acids is 1. The summed E-state index contributed by atoms with van der Waals surface area (Å²) in [5, 5.41) is 2.24. The van der Waals surface area contributed by atoms with Crippen LogP contribution < -0.4 is 5.32 Å². The third kappa shape index (κ3) is 6.51. The monoisotopic (exact) mass is 207 g/mol. The summed E-state index contributed by atoms with van der Waals surface area (Å²) in [6.07, 6.45) is 1.71. The highest BCUT2D eigenvalue weighted by molar-refractivity contribution is 7.52. The van der Waals surface area contributed by atoms with Crippen LogP contribution in [0.3, 0.4) is 0 Å². The Kier molecular flexibility index (Phi) is 5.62. The van der Waals surface area contributed by atoms with Crippen molar-refractivity contribution in [2.24, 2.45) is 0 Å². The van der Waals surface area contributed by atoms with E-state index in [1.165, 1.54) is 0 Å². The Morgan fingerprint density at radius 1 is 1.77 bits per heavy atom. The smallest absolute Gasteiger partial charge is 0.329 e. The van der Waals surface area contributed by atoms with Gasteiger partial charge >= 0.3 is 7.60 Å². The van der Waals surface area contributed by atoms with Gasteiger partial charge in [-0.2, -0.15) is 0 Å². The van der Waals surface area contributed by atoms with E-state index < -0.39 is 13.5 Å². The van der Waals surface area contributed by atoms with E-state index in [1.807, 2.05) is 0 Å². The average molecular weight is 207 g/mol. The maximum absolute atomic E-state index is 11.0. The highest BCUT2D eigenvalue weighted by Gasteiger charge is 2.17. The Balaban J connectivity index is 3.69. The molecule has 0 aliphatic carbocycles. The standard InChI is InChI=1S/C7H14NO4P/c1-3-5-13(10,11)12-6-8-7(9)4-2/h4H,2-3,5-6H2,1H3,(H,8,9)(H,10,11). The highest BCUT2D eigenvalue weighted by atomic mass is 31.2. The Hall–Kier alpha value is -0.640. The van der Waals surface area contributed by atoms with Crippen molar-refractivity contribution >= 4 is 13.5 Å². The van der Waals surface area contributed by atoms with Gasteiger partial charge in [-0.15, -0.1) is 0 Å². The van der Waals surface area contributed by atoms with Crippen molar-refractivity contribution in [2.75, 3.05) is 12.9 Å². The van der Waals surface area contributed by atoms with Crippen LogP contribution in [-0.2, 0) is 13.9 Å². The second-order valence-electron chi connectivity index (χ2n) is 2.38. The van der Waals surface area contributed by atoms with Crippen LogP contribution in [0.25, 0.3) is 0 Å². The molecule has 2 N–H and O–H groups in total. The summed E-state index contributed by atoms with van der Waals surface area (Å²) < 4.78 is 15.6. The van der Waals surface area contributed by atoms with Gasteiger partial charge in [0.05, 0.1) is 0 Å². The van der Waals surface area contributed by atoms with Gasteiger partial charge in [-0.3, -0.25) is 13.9 Å². The van der Waals surface area contributed by atoms with Crippen molar-refractivity contribution in [3.8, 4) is 0 Å². The molecule has 0 saturated heterocycles. The average Bonchev–Trinajstić information content (AvgIpc) is 2.03. The summed E-state index contributed by atoms with van der Waals surface area (Å²) in [7, 11) is -3.51. The van der Waals surface area contributed by atoms with Crippen molar-refractivity contribution < 1.29 is 18.8 Å². The lowest BCUT2D eigenvalue weighted by Gasteiger charge is -2.10. The Morgan fingerprint density at radius 3 is 2.85 bits per heavy atom. The molecule has 0 aliphatic heterocycles. The first-order valence-corrected chi connectivity index (χ1v) is 5.64. The summed E-state index contributed by atoms with van der Waals surface area (Å²) in [6.45, 7) is 4.72. The second kappa shape index (κ2) is 5.91. The minimum atomic E-state index is -3.51. The SMILES string of the molecule is C=CC(=O)NCOP(=O)(O)CCC. The maximum Gasteiger partial charge on any atom is 0.329 e. The maximum atomic E-state index is 11.0. The summed E-state index contributed by atoms with van der Waals surface area (Å²) in [6, 6.07) is 0. The van der Waals surface area contributed by atoms with Gasteiger partial charge in [0, 0.05) is 6.16 Å². The molecule has 0 saturated carbocycles. The number of carbonyl (C=O) groups is 1. The fourth-order valence-corrected chi connectivity index (χ4v) is 1.58. The molecule has 0 aliphatic rings. The quantitative estimate of drug-likeness (QED) is 0.384. The molecule has 0 aromatic carbocycles. The van der Waals surface area contributed by atoms with E-state index >= 15 is 0 Å². The van der Waals surface area contributed by atoms with Crippen molar-refractivity contribution in [3.05, 3.63) is 12.7 Å². The molecule has 0 bridgehead atoms. The number of hydrogen-bond donors (Lipinski definition) is 2. The lowest BCUT2D eigenvalue weighted by Crippen LogP contribution is -2.23. The molecule has 1 atom stereocenters. The molecule has 1 amide bonds. The van der Waals surface area contributed by atoms with Crippen LogP contribution in [0.1, 0.15) is 13.3 Å². The lowest BCUT2D eigenvalue weighted by molar-refractivity contribution is -0.117. The molecule has 5 nitrogen and oxygen atoms in total. The van der Waals surface area contributed by atoms with Crippen molar-refractivity contribution in [1.82, 2.24) is 5.32 Å². The van der Waals surface area contributed by atoms with E-state index in [0.717, 1.165) is 6.08 Å². The zero-order valence-corrected chi connectivity index (χ0v) is 8.42. The zero-order valence-electron chi connectivity index (χ0n) is 7.52. The summed E-state index contributed by atoms with van der Waals surface area (Å²) >= 11 is 0. The fraction of sp³-hybridized carbons (Fsp3) is 0.571. The van der Waals surface area contributed by atoms with Crippen LogP contribution in [0, 0.1) is 0 Å². The molecular weight excluding hydrogens is 193 g/mol. The minimum Gasteiger partial charge on any atom is -0.329 e. The molecule has 13 heavy (non-hydrogen) atoms. The van der Waals surface area contributed by atoms with E-state index in [9.17, 15) is 9.36 Å². The van der Waals surface area contributed by atoms with Gasteiger partial charge in [0.1, 0.15) is 6.73 Å². The van der Waals surface area contributed by atoms with Gasteiger partial charge in [-0.1, -0.05) is 13.5 Å². The third-order valence-electron chi connectivity index (χ3n) is 1.20. The fourth-order valence-electron chi connectivity index (χ4n) is 0.624. The molecule has 0 rings (SSSR count). The van der Waals surface area contributed by atoms with Crippen LogP contribution in [0.2, 0.25) is 0 Å². The predicted octanol–water partition coefficient (Wildman–Crippen LogP) is 0.858. The number of nitrogens with one attached hydrogen (secondary N) is 1. The van der Waals surface area contributed by atoms with Crippen molar-refractivity contribution in [2.45, 2.75) is 13.3 Å². The molecular formula is C7H14NO4P. The van der Waals surface area contributed by atoms with Gasteiger partial charge < -0.3 is 10.2 Å². The molecule has 76 valence electrons. The molecule has 0 spiro atoms. The second-order valence-corrected chi connectivity index (χ2v) is 4.36. The van der Waals surface area contributed by atoms with Gasteiger partial charge in [-0.25, -0.2) is 0 Å². The van der Waals surface area contributed by atoms with E-state index in [2.05, 4.69) is 16.4 Å². The van der Waals surface area contributed by atoms with Crippen LogP contribution in [0.15, 0.2) is 12.7 Å². The topological polar surface area (TPSA) is 75.6 Å².